The zero-order chi connectivity index (χ0) is 14.4. The maximum Gasteiger partial charge on any atom is 0.244 e. The molecule has 1 heterocycles. The van der Waals surface area contributed by atoms with Crippen molar-refractivity contribution in [3.8, 4) is 0 Å². The first-order chi connectivity index (χ1) is 9.73. The maximum atomic E-state index is 12.7. The highest BCUT2D eigenvalue weighted by Gasteiger charge is 2.51. The molecule has 2 aliphatic rings. The van der Waals surface area contributed by atoms with Gasteiger partial charge in [-0.1, -0.05) is 39.5 Å². The van der Waals surface area contributed by atoms with E-state index in [1.807, 2.05) is 4.90 Å². The Morgan fingerprint density at radius 1 is 1.25 bits per heavy atom. The minimum atomic E-state index is -0.233. The first-order valence-electron chi connectivity index (χ1n) is 8.40. The fourth-order valence-corrected chi connectivity index (χ4v) is 3.48. The first kappa shape index (κ1) is 15.8. The second-order valence-electron chi connectivity index (χ2n) is 6.20. The highest BCUT2D eigenvalue weighted by molar-refractivity contribution is 5.89. The summed E-state index contributed by atoms with van der Waals surface area (Å²) in [4.78, 5) is 14.8. The van der Waals surface area contributed by atoms with Gasteiger partial charge in [0, 0.05) is 13.2 Å². The Kier molecular flexibility index (Phi) is 5.85. The van der Waals surface area contributed by atoms with E-state index < -0.39 is 0 Å². The Bertz CT molecular complexity index is 314. The number of amides is 1. The third-order valence-electron chi connectivity index (χ3n) is 4.63. The van der Waals surface area contributed by atoms with Crippen LogP contribution in [0.3, 0.4) is 0 Å². The van der Waals surface area contributed by atoms with Crippen molar-refractivity contribution in [2.24, 2.45) is 0 Å². The fraction of sp³-hybridized carbons (Fsp3) is 0.938. The summed E-state index contributed by atoms with van der Waals surface area (Å²) in [7, 11) is 0. The monoisotopic (exact) mass is 282 g/mol. The maximum absolute atomic E-state index is 12.7. The number of unbranched alkanes of at least 4 members (excludes halogenated alkanes) is 1. The Morgan fingerprint density at radius 3 is 2.65 bits per heavy atom. The zero-order valence-corrected chi connectivity index (χ0v) is 13.1. The largest absolute Gasteiger partial charge is 0.380 e. The van der Waals surface area contributed by atoms with Crippen molar-refractivity contribution in [1.82, 2.24) is 10.2 Å². The van der Waals surface area contributed by atoms with Gasteiger partial charge in [0.2, 0.25) is 5.91 Å². The molecule has 0 radical (unpaired) electrons. The van der Waals surface area contributed by atoms with Gasteiger partial charge in [-0.2, -0.15) is 0 Å². The van der Waals surface area contributed by atoms with E-state index in [0.29, 0.717) is 12.5 Å². The summed E-state index contributed by atoms with van der Waals surface area (Å²) >= 11 is 0. The molecule has 2 fully saturated rings. The van der Waals surface area contributed by atoms with Gasteiger partial charge in [0.05, 0.1) is 18.3 Å². The van der Waals surface area contributed by atoms with Gasteiger partial charge < -0.3 is 9.64 Å². The second-order valence-corrected chi connectivity index (χ2v) is 6.20. The van der Waals surface area contributed by atoms with E-state index in [1.165, 1.54) is 12.8 Å². The average Bonchev–Trinajstić information content (AvgIpc) is 3.00. The highest BCUT2D eigenvalue weighted by Crippen LogP contribution is 2.37. The zero-order valence-electron chi connectivity index (χ0n) is 13.1. The Labute approximate surface area is 123 Å². The number of ether oxygens (including phenoxy) is 1. The lowest BCUT2D eigenvalue weighted by atomic mass is 9.98. The van der Waals surface area contributed by atoms with Crippen molar-refractivity contribution in [1.29, 1.82) is 0 Å². The number of hydrogen-bond acceptors (Lipinski definition) is 3. The van der Waals surface area contributed by atoms with E-state index >= 15 is 0 Å². The molecule has 0 aromatic rings. The van der Waals surface area contributed by atoms with Gasteiger partial charge in [0.1, 0.15) is 0 Å². The van der Waals surface area contributed by atoms with Gasteiger partial charge >= 0.3 is 0 Å². The van der Waals surface area contributed by atoms with E-state index in [0.717, 1.165) is 51.7 Å². The van der Waals surface area contributed by atoms with Crippen molar-refractivity contribution < 1.29 is 9.53 Å². The van der Waals surface area contributed by atoms with Crippen LogP contribution < -0.4 is 5.32 Å². The van der Waals surface area contributed by atoms with E-state index in [2.05, 4.69) is 19.2 Å². The van der Waals surface area contributed by atoms with Crippen molar-refractivity contribution in [2.75, 3.05) is 19.8 Å². The summed E-state index contributed by atoms with van der Waals surface area (Å²) < 4.78 is 5.64. The summed E-state index contributed by atoms with van der Waals surface area (Å²) in [5.74, 6) is 0.326. The smallest absolute Gasteiger partial charge is 0.244 e. The van der Waals surface area contributed by atoms with Crippen LogP contribution >= 0.6 is 0 Å². The van der Waals surface area contributed by atoms with Crippen LogP contribution in [0.1, 0.15) is 65.2 Å². The normalized spacial score (nSPS) is 25.0. The van der Waals surface area contributed by atoms with E-state index in [9.17, 15) is 4.79 Å². The molecule has 1 amide bonds. The fourth-order valence-electron chi connectivity index (χ4n) is 3.48. The van der Waals surface area contributed by atoms with Gasteiger partial charge in [0.15, 0.2) is 0 Å². The predicted molar refractivity (Wildman–Crippen MR) is 80.5 cm³/mol. The predicted octanol–water partition coefficient (Wildman–Crippen LogP) is 2.67. The number of hydrogen-bond donors (Lipinski definition) is 1. The molecular formula is C16H30N2O2. The molecule has 4 nitrogen and oxygen atoms in total. The minimum Gasteiger partial charge on any atom is -0.380 e. The molecular weight excluding hydrogens is 252 g/mol. The third kappa shape index (κ3) is 3.34. The summed E-state index contributed by atoms with van der Waals surface area (Å²) in [6, 6.07) is 0. The molecule has 2 rings (SSSR count). The quantitative estimate of drug-likeness (QED) is 0.696. The average molecular weight is 282 g/mol. The third-order valence-corrected chi connectivity index (χ3v) is 4.63. The molecule has 20 heavy (non-hydrogen) atoms. The molecule has 4 heteroatoms. The van der Waals surface area contributed by atoms with Crippen LogP contribution in [-0.2, 0) is 9.53 Å². The molecule has 1 saturated heterocycles. The van der Waals surface area contributed by atoms with Crippen LogP contribution in [-0.4, -0.2) is 42.3 Å². The summed E-state index contributed by atoms with van der Waals surface area (Å²) in [6.45, 7) is 6.57. The van der Waals surface area contributed by atoms with Crippen molar-refractivity contribution in [3.63, 3.8) is 0 Å². The molecule has 1 unspecified atom stereocenters. The standard InChI is InChI=1S/C16H30N2O2/c1-3-5-12-20-13-11-18-14(8-4-2)17-16(15(18)19)9-6-7-10-16/h14,17H,3-13H2,1-2H3. The van der Waals surface area contributed by atoms with Crippen molar-refractivity contribution in [3.05, 3.63) is 0 Å². The molecule has 1 N–H and O–H groups in total. The van der Waals surface area contributed by atoms with E-state index in [-0.39, 0.29) is 11.7 Å². The second kappa shape index (κ2) is 7.41. The lowest BCUT2D eigenvalue weighted by molar-refractivity contribution is -0.133. The van der Waals surface area contributed by atoms with Crippen molar-refractivity contribution in [2.45, 2.75) is 76.9 Å². The Hall–Kier alpha value is -0.610. The SMILES string of the molecule is CCCCOCCN1C(=O)C2(CCCC2)NC1CCC. The summed E-state index contributed by atoms with van der Waals surface area (Å²) in [5.41, 5.74) is -0.233. The molecule has 1 aliphatic heterocycles. The lowest BCUT2D eigenvalue weighted by Crippen LogP contribution is -2.44. The Balaban J connectivity index is 1.88. The van der Waals surface area contributed by atoms with Crippen LogP contribution in [0.5, 0.6) is 0 Å². The molecule has 0 bridgehead atoms. The van der Waals surface area contributed by atoms with Crippen LogP contribution in [0.4, 0.5) is 0 Å². The van der Waals surface area contributed by atoms with Gasteiger partial charge in [-0.05, 0) is 25.7 Å². The molecule has 1 aliphatic carbocycles. The van der Waals surface area contributed by atoms with Crippen LogP contribution in [0, 0.1) is 0 Å². The van der Waals surface area contributed by atoms with Crippen LogP contribution in [0.15, 0.2) is 0 Å². The molecule has 0 aromatic carbocycles. The van der Waals surface area contributed by atoms with Gasteiger partial charge in [-0.15, -0.1) is 0 Å². The number of nitrogens with zero attached hydrogens (tertiary/aromatic N) is 1. The number of nitrogens with one attached hydrogen (secondary N) is 1. The summed E-state index contributed by atoms with van der Waals surface area (Å²) in [6.07, 6.45) is 9.02. The first-order valence-corrected chi connectivity index (χ1v) is 8.40. The van der Waals surface area contributed by atoms with Gasteiger partial charge in [-0.25, -0.2) is 0 Å². The topological polar surface area (TPSA) is 41.6 Å². The van der Waals surface area contributed by atoms with E-state index in [4.69, 9.17) is 4.74 Å². The number of carbonyl (C=O) groups excluding carboxylic acids is 1. The van der Waals surface area contributed by atoms with Gasteiger partial charge in [-0.3, -0.25) is 10.1 Å². The molecule has 116 valence electrons. The van der Waals surface area contributed by atoms with Crippen molar-refractivity contribution >= 4 is 5.91 Å². The Morgan fingerprint density at radius 2 is 2.00 bits per heavy atom. The molecule has 1 saturated carbocycles. The highest BCUT2D eigenvalue weighted by atomic mass is 16.5. The number of carbonyl (C=O) groups is 1. The number of rotatable bonds is 8. The summed E-state index contributed by atoms with van der Waals surface area (Å²) in [5, 5.41) is 3.64. The van der Waals surface area contributed by atoms with E-state index in [1.54, 1.807) is 0 Å². The minimum absolute atomic E-state index is 0.223. The van der Waals surface area contributed by atoms with Crippen LogP contribution in [0.25, 0.3) is 0 Å². The van der Waals surface area contributed by atoms with Crippen LogP contribution in [0.2, 0.25) is 0 Å². The molecule has 0 aromatic heterocycles. The molecule has 1 spiro atoms. The molecule has 1 atom stereocenters. The lowest BCUT2D eigenvalue weighted by Gasteiger charge is -2.23. The van der Waals surface area contributed by atoms with Gasteiger partial charge in [0.25, 0.3) is 0 Å².